The van der Waals surface area contributed by atoms with Crippen LogP contribution in [-0.2, 0) is 4.79 Å². The monoisotopic (exact) mass is 404 g/mol. The maximum atomic E-state index is 12.5. The van der Waals surface area contributed by atoms with E-state index in [-0.39, 0.29) is 17.2 Å². The number of hydrogen-bond acceptors (Lipinski definition) is 7. The number of carbonyl (C=O) groups excluding carboxylic acids is 1. The summed E-state index contributed by atoms with van der Waals surface area (Å²) >= 11 is 1.20. The molecule has 3 heterocycles. The molecule has 0 saturated heterocycles. The molecule has 4 rings (SSSR count). The molecule has 1 N–H and O–H groups in total. The zero-order chi connectivity index (χ0) is 20.4. The summed E-state index contributed by atoms with van der Waals surface area (Å²) in [6.45, 7) is 3.82. The minimum absolute atomic E-state index is 0.0831. The molecular formula is C19H16N8OS. The lowest BCUT2D eigenvalue weighted by atomic mass is 10.3. The van der Waals surface area contributed by atoms with Gasteiger partial charge in [-0.15, -0.1) is 5.10 Å². The van der Waals surface area contributed by atoms with Gasteiger partial charge >= 0.3 is 0 Å². The summed E-state index contributed by atoms with van der Waals surface area (Å²) in [5.74, 6) is 0.628. The zero-order valence-electron chi connectivity index (χ0n) is 15.7. The molecule has 0 saturated carbocycles. The number of rotatable bonds is 5. The molecule has 10 heteroatoms. The van der Waals surface area contributed by atoms with Crippen molar-refractivity contribution < 1.29 is 4.79 Å². The summed E-state index contributed by atoms with van der Waals surface area (Å²) in [5, 5.41) is 21.2. The number of aromatic nitrogens is 6. The second-order valence-electron chi connectivity index (χ2n) is 6.25. The Kier molecular flexibility index (Phi) is 4.97. The predicted octanol–water partition coefficient (Wildman–Crippen LogP) is 2.53. The fourth-order valence-corrected chi connectivity index (χ4v) is 3.44. The van der Waals surface area contributed by atoms with E-state index in [2.05, 4.69) is 31.6 Å². The van der Waals surface area contributed by atoms with Gasteiger partial charge in [0, 0.05) is 11.4 Å². The fourth-order valence-electron chi connectivity index (χ4n) is 2.82. The van der Waals surface area contributed by atoms with E-state index < -0.39 is 0 Å². The summed E-state index contributed by atoms with van der Waals surface area (Å²) in [7, 11) is 0. The van der Waals surface area contributed by atoms with Crippen LogP contribution < -0.4 is 5.32 Å². The van der Waals surface area contributed by atoms with Gasteiger partial charge in [0.2, 0.25) is 11.1 Å². The van der Waals surface area contributed by atoms with Gasteiger partial charge in [0.05, 0.1) is 17.6 Å². The minimum Gasteiger partial charge on any atom is -0.309 e. The third kappa shape index (κ3) is 3.81. The van der Waals surface area contributed by atoms with Crippen LogP contribution in [0.25, 0.3) is 11.5 Å². The normalized spacial score (nSPS) is 10.8. The lowest BCUT2D eigenvalue weighted by Gasteiger charge is -2.09. The topological polar surface area (TPSA) is 114 Å². The number of nitriles is 1. The third-order valence-corrected chi connectivity index (χ3v) is 4.92. The van der Waals surface area contributed by atoms with Crippen molar-refractivity contribution in [2.75, 3.05) is 11.1 Å². The summed E-state index contributed by atoms with van der Waals surface area (Å²) in [5.41, 5.74) is 2.81. The lowest BCUT2D eigenvalue weighted by Crippen LogP contribution is -2.17. The minimum atomic E-state index is -0.288. The molecule has 0 aliphatic rings. The Bertz CT molecular complexity index is 1240. The van der Waals surface area contributed by atoms with Crippen LogP contribution in [0, 0.1) is 25.2 Å². The van der Waals surface area contributed by atoms with Gasteiger partial charge in [-0.25, -0.2) is 14.2 Å². The Balaban J connectivity index is 1.50. The molecule has 144 valence electrons. The maximum absolute atomic E-state index is 12.5. The molecule has 29 heavy (non-hydrogen) atoms. The predicted molar refractivity (Wildman–Crippen MR) is 108 cm³/mol. The molecule has 0 aliphatic heterocycles. The smallest absolute Gasteiger partial charge is 0.253 e. The molecule has 0 unspecified atom stereocenters. The Labute approximate surface area is 170 Å². The largest absolute Gasteiger partial charge is 0.309 e. The van der Waals surface area contributed by atoms with Crippen LogP contribution in [0.5, 0.6) is 0 Å². The summed E-state index contributed by atoms with van der Waals surface area (Å²) in [4.78, 5) is 21.2. The molecule has 4 aromatic rings. The number of nitrogens with zero attached hydrogens (tertiary/aromatic N) is 7. The second kappa shape index (κ2) is 7.73. The number of fused-ring (bicyclic) bond motifs is 1. The van der Waals surface area contributed by atoms with Gasteiger partial charge < -0.3 is 5.32 Å². The van der Waals surface area contributed by atoms with Crippen LogP contribution in [0.15, 0.2) is 47.8 Å². The number of carbonyl (C=O) groups is 1. The van der Waals surface area contributed by atoms with Crippen LogP contribution in [0.1, 0.15) is 17.0 Å². The fraction of sp³-hybridized carbons (Fsp3) is 0.158. The quantitative estimate of drug-likeness (QED) is 0.508. The van der Waals surface area contributed by atoms with Gasteiger partial charge in [0.15, 0.2) is 5.82 Å². The first kappa shape index (κ1) is 18.6. The molecule has 1 amide bonds. The van der Waals surface area contributed by atoms with Gasteiger partial charge in [0.1, 0.15) is 11.6 Å². The van der Waals surface area contributed by atoms with Crippen molar-refractivity contribution in [2.24, 2.45) is 0 Å². The number of nitrogens with one attached hydrogen (secondary N) is 1. The zero-order valence-corrected chi connectivity index (χ0v) is 16.5. The number of amides is 1. The van der Waals surface area contributed by atoms with Gasteiger partial charge in [-0.1, -0.05) is 30.0 Å². The van der Waals surface area contributed by atoms with Gasteiger partial charge in [0.25, 0.3) is 5.78 Å². The molecule has 1 aromatic carbocycles. The molecule has 0 atom stereocenters. The second-order valence-corrected chi connectivity index (χ2v) is 7.19. The lowest BCUT2D eigenvalue weighted by molar-refractivity contribution is -0.113. The first-order valence-corrected chi connectivity index (χ1v) is 9.71. The van der Waals surface area contributed by atoms with E-state index in [1.807, 2.05) is 50.2 Å². The van der Waals surface area contributed by atoms with E-state index in [1.54, 1.807) is 4.52 Å². The van der Waals surface area contributed by atoms with Crippen LogP contribution in [0.4, 0.5) is 5.82 Å². The van der Waals surface area contributed by atoms with Crippen LogP contribution in [-0.4, -0.2) is 41.0 Å². The van der Waals surface area contributed by atoms with E-state index in [4.69, 9.17) is 0 Å². The maximum Gasteiger partial charge on any atom is 0.253 e. The van der Waals surface area contributed by atoms with Crippen LogP contribution in [0.2, 0.25) is 0 Å². The van der Waals surface area contributed by atoms with Gasteiger partial charge in [-0.2, -0.15) is 15.3 Å². The van der Waals surface area contributed by atoms with Crippen LogP contribution in [0.3, 0.4) is 0 Å². The molecule has 0 bridgehead atoms. The van der Waals surface area contributed by atoms with Crippen molar-refractivity contribution >= 4 is 29.3 Å². The highest BCUT2D eigenvalue weighted by molar-refractivity contribution is 7.99. The highest BCUT2D eigenvalue weighted by Gasteiger charge is 2.16. The van der Waals surface area contributed by atoms with E-state index in [9.17, 15) is 10.1 Å². The number of para-hydroxylation sites is 1. The number of aryl methyl sites for hydroxylation is 2. The Hall–Kier alpha value is -3.71. The van der Waals surface area contributed by atoms with E-state index in [0.717, 1.165) is 17.1 Å². The number of thioether (sulfide) groups is 1. The molecule has 0 aliphatic carbocycles. The SMILES string of the molecule is Cc1cc(C)n2nc(SCC(=O)Nc3c(C#N)cnn3-c3ccccc3)nc2n1. The summed E-state index contributed by atoms with van der Waals surface area (Å²) < 4.78 is 3.17. The highest BCUT2D eigenvalue weighted by atomic mass is 32.2. The van der Waals surface area contributed by atoms with Crippen molar-refractivity contribution in [3.63, 3.8) is 0 Å². The van der Waals surface area contributed by atoms with Crippen molar-refractivity contribution in [2.45, 2.75) is 19.0 Å². The molecule has 0 spiro atoms. The van der Waals surface area contributed by atoms with Crippen molar-refractivity contribution in [1.82, 2.24) is 29.4 Å². The standard InChI is InChI=1S/C19H16N8OS/c1-12-8-13(2)26-18(22-12)24-19(25-26)29-11-16(28)23-17-14(9-20)10-21-27(17)15-6-4-3-5-7-15/h3-8,10H,11H2,1-2H3,(H,23,28). The number of benzene rings is 1. The summed E-state index contributed by atoms with van der Waals surface area (Å²) in [6, 6.07) is 13.3. The Morgan fingerprint density at radius 3 is 2.79 bits per heavy atom. The van der Waals surface area contributed by atoms with Crippen molar-refractivity contribution in [1.29, 1.82) is 5.26 Å². The third-order valence-electron chi connectivity index (χ3n) is 4.08. The van der Waals surface area contributed by atoms with Crippen molar-refractivity contribution in [3.8, 4) is 11.8 Å². The molecule has 3 aromatic heterocycles. The van der Waals surface area contributed by atoms with Crippen molar-refractivity contribution in [3.05, 3.63) is 59.5 Å². The van der Waals surface area contributed by atoms with Gasteiger partial charge in [-0.3, -0.25) is 4.79 Å². The Morgan fingerprint density at radius 1 is 1.24 bits per heavy atom. The summed E-state index contributed by atoms with van der Waals surface area (Å²) in [6.07, 6.45) is 1.43. The van der Waals surface area contributed by atoms with Crippen LogP contribution >= 0.6 is 11.8 Å². The molecule has 0 radical (unpaired) electrons. The van der Waals surface area contributed by atoms with Gasteiger partial charge in [-0.05, 0) is 32.0 Å². The van der Waals surface area contributed by atoms with E-state index in [0.29, 0.717) is 16.8 Å². The average molecular weight is 404 g/mol. The number of anilines is 1. The molecule has 9 nitrogen and oxygen atoms in total. The molecular weight excluding hydrogens is 388 g/mol. The first-order valence-electron chi connectivity index (χ1n) is 8.72. The Morgan fingerprint density at radius 2 is 2.03 bits per heavy atom. The number of hydrogen-bond donors (Lipinski definition) is 1. The van der Waals surface area contributed by atoms with E-state index in [1.165, 1.54) is 22.6 Å². The molecule has 0 fully saturated rings. The first-order chi connectivity index (χ1) is 14.0. The van der Waals surface area contributed by atoms with E-state index >= 15 is 0 Å². The average Bonchev–Trinajstić information content (AvgIpc) is 3.31. The highest BCUT2D eigenvalue weighted by Crippen LogP contribution is 2.21.